The fraction of sp³-hybridized carbons (Fsp3) is 0.222. The molecule has 0 spiro atoms. The fourth-order valence-electron chi connectivity index (χ4n) is 2.49. The molecular formula is C18H20N4O2. The van der Waals surface area contributed by atoms with E-state index in [4.69, 9.17) is 9.84 Å². The Morgan fingerprint density at radius 3 is 2.62 bits per heavy atom. The minimum absolute atomic E-state index is 0.0440. The van der Waals surface area contributed by atoms with Gasteiger partial charge in [-0.2, -0.15) is 4.98 Å². The Labute approximate surface area is 140 Å². The molecular weight excluding hydrogens is 304 g/mol. The largest absolute Gasteiger partial charge is 0.496 e. The number of para-hydroxylation sites is 2. The van der Waals surface area contributed by atoms with E-state index in [0.717, 1.165) is 22.2 Å². The van der Waals surface area contributed by atoms with Gasteiger partial charge in [0.1, 0.15) is 11.6 Å². The monoisotopic (exact) mass is 324 g/mol. The predicted molar refractivity (Wildman–Crippen MR) is 95.4 cm³/mol. The number of nitrogens with one attached hydrogen (secondary N) is 2. The number of fused-ring (bicyclic) bond motifs is 1. The molecule has 0 bridgehead atoms. The quantitative estimate of drug-likeness (QED) is 0.620. The third-order valence-corrected chi connectivity index (χ3v) is 3.64. The van der Waals surface area contributed by atoms with Gasteiger partial charge in [-0.3, -0.25) is 0 Å². The van der Waals surface area contributed by atoms with E-state index >= 15 is 0 Å². The number of hydrogen-bond acceptors (Lipinski definition) is 6. The Kier molecular flexibility index (Phi) is 5.08. The summed E-state index contributed by atoms with van der Waals surface area (Å²) in [6.07, 6.45) is 0. The van der Waals surface area contributed by atoms with Gasteiger partial charge in [-0.1, -0.05) is 30.3 Å². The van der Waals surface area contributed by atoms with Crippen LogP contribution < -0.4 is 15.4 Å². The first-order valence-corrected chi connectivity index (χ1v) is 7.79. The van der Waals surface area contributed by atoms with E-state index in [-0.39, 0.29) is 6.61 Å². The van der Waals surface area contributed by atoms with Crippen LogP contribution in [0.5, 0.6) is 5.75 Å². The number of hydrogen-bond donors (Lipinski definition) is 3. The van der Waals surface area contributed by atoms with E-state index in [0.29, 0.717) is 24.9 Å². The minimum atomic E-state index is 0.0440. The van der Waals surface area contributed by atoms with Crippen molar-refractivity contribution in [1.29, 1.82) is 0 Å². The highest BCUT2D eigenvalue weighted by Gasteiger charge is 2.08. The van der Waals surface area contributed by atoms with Crippen LogP contribution in [0.25, 0.3) is 10.9 Å². The second-order valence-electron chi connectivity index (χ2n) is 5.23. The number of methoxy groups -OCH3 is 1. The second-order valence-corrected chi connectivity index (χ2v) is 5.23. The molecule has 0 aliphatic heterocycles. The van der Waals surface area contributed by atoms with Gasteiger partial charge in [0.15, 0.2) is 0 Å². The molecule has 124 valence electrons. The third kappa shape index (κ3) is 3.55. The molecule has 24 heavy (non-hydrogen) atoms. The number of benzene rings is 2. The maximum absolute atomic E-state index is 9.04. The summed E-state index contributed by atoms with van der Waals surface area (Å²) in [7, 11) is 1.66. The van der Waals surface area contributed by atoms with Crippen LogP contribution in [0.15, 0.2) is 48.5 Å². The van der Waals surface area contributed by atoms with E-state index in [2.05, 4.69) is 20.6 Å². The van der Waals surface area contributed by atoms with Gasteiger partial charge in [0.25, 0.3) is 0 Å². The van der Waals surface area contributed by atoms with Crippen LogP contribution in [-0.2, 0) is 6.54 Å². The van der Waals surface area contributed by atoms with Gasteiger partial charge in [0.2, 0.25) is 5.95 Å². The van der Waals surface area contributed by atoms with Gasteiger partial charge >= 0.3 is 0 Å². The van der Waals surface area contributed by atoms with Gasteiger partial charge in [0, 0.05) is 24.0 Å². The number of rotatable bonds is 7. The Balaban J connectivity index is 1.86. The summed E-state index contributed by atoms with van der Waals surface area (Å²) >= 11 is 0. The molecule has 0 saturated carbocycles. The first-order chi connectivity index (χ1) is 11.8. The van der Waals surface area contributed by atoms with Crippen molar-refractivity contribution in [2.24, 2.45) is 0 Å². The van der Waals surface area contributed by atoms with Crippen molar-refractivity contribution in [3.63, 3.8) is 0 Å². The molecule has 1 aromatic heterocycles. The van der Waals surface area contributed by atoms with Crippen LogP contribution in [0.4, 0.5) is 11.8 Å². The predicted octanol–water partition coefficient (Wildman–Crippen LogP) is 2.65. The van der Waals surface area contributed by atoms with Crippen LogP contribution >= 0.6 is 0 Å². The lowest BCUT2D eigenvalue weighted by atomic mass is 10.2. The SMILES string of the molecule is COc1ccccc1CNc1nc(NCCO)c2ccccc2n1. The number of aliphatic hydroxyl groups is 1. The molecule has 0 radical (unpaired) electrons. The lowest BCUT2D eigenvalue weighted by Crippen LogP contribution is -2.11. The van der Waals surface area contributed by atoms with E-state index in [1.54, 1.807) is 7.11 Å². The molecule has 3 N–H and O–H groups in total. The lowest BCUT2D eigenvalue weighted by molar-refractivity contribution is 0.311. The highest BCUT2D eigenvalue weighted by Crippen LogP contribution is 2.23. The normalized spacial score (nSPS) is 10.6. The summed E-state index contributed by atoms with van der Waals surface area (Å²) in [4.78, 5) is 9.07. The van der Waals surface area contributed by atoms with Crippen LogP contribution in [0.3, 0.4) is 0 Å². The maximum Gasteiger partial charge on any atom is 0.225 e. The first kappa shape index (κ1) is 16.0. The number of aliphatic hydroxyl groups excluding tert-OH is 1. The summed E-state index contributed by atoms with van der Waals surface area (Å²) in [5, 5.41) is 16.3. The van der Waals surface area contributed by atoms with Crippen LogP contribution in [0.2, 0.25) is 0 Å². The zero-order valence-corrected chi connectivity index (χ0v) is 13.5. The van der Waals surface area contributed by atoms with Crippen molar-refractivity contribution in [1.82, 2.24) is 9.97 Å². The summed E-state index contributed by atoms with van der Waals surface area (Å²) in [6.45, 7) is 1.04. The molecule has 3 aromatic rings. The van der Waals surface area contributed by atoms with Gasteiger partial charge in [0.05, 0.1) is 19.2 Å². The average Bonchev–Trinajstić information content (AvgIpc) is 2.64. The standard InChI is InChI=1S/C18H20N4O2/c1-24-16-9-5-2-6-13(16)12-20-18-21-15-8-4-3-7-14(15)17(22-18)19-10-11-23/h2-9,23H,10-12H2,1H3,(H2,19,20,21,22). The molecule has 2 aromatic carbocycles. The highest BCUT2D eigenvalue weighted by molar-refractivity contribution is 5.90. The Hall–Kier alpha value is -2.86. The lowest BCUT2D eigenvalue weighted by Gasteiger charge is -2.12. The number of ether oxygens (including phenoxy) is 1. The summed E-state index contributed by atoms with van der Waals surface area (Å²) in [5.74, 6) is 2.06. The molecule has 0 fully saturated rings. The minimum Gasteiger partial charge on any atom is -0.496 e. The van der Waals surface area contributed by atoms with E-state index in [9.17, 15) is 0 Å². The molecule has 0 amide bonds. The summed E-state index contributed by atoms with van der Waals surface area (Å²) in [6, 6.07) is 15.6. The van der Waals surface area contributed by atoms with Gasteiger partial charge < -0.3 is 20.5 Å². The first-order valence-electron chi connectivity index (χ1n) is 7.79. The van der Waals surface area contributed by atoms with Crippen LogP contribution in [0.1, 0.15) is 5.56 Å². The number of aromatic nitrogens is 2. The molecule has 0 unspecified atom stereocenters. The van der Waals surface area contributed by atoms with E-state index in [1.807, 2.05) is 48.5 Å². The molecule has 0 saturated heterocycles. The van der Waals surface area contributed by atoms with Crippen molar-refractivity contribution in [3.05, 3.63) is 54.1 Å². The maximum atomic E-state index is 9.04. The Morgan fingerprint density at radius 1 is 1.00 bits per heavy atom. The highest BCUT2D eigenvalue weighted by atomic mass is 16.5. The molecule has 0 aliphatic carbocycles. The molecule has 6 heteroatoms. The molecule has 1 heterocycles. The fourth-order valence-corrected chi connectivity index (χ4v) is 2.49. The zero-order chi connectivity index (χ0) is 16.8. The van der Waals surface area contributed by atoms with Crippen molar-refractivity contribution < 1.29 is 9.84 Å². The third-order valence-electron chi connectivity index (χ3n) is 3.64. The smallest absolute Gasteiger partial charge is 0.225 e. The molecule has 0 atom stereocenters. The Morgan fingerprint density at radius 2 is 1.79 bits per heavy atom. The van der Waals surface area contributed by atoms with E-state index in [1.165, 1.54) is 0 Å². The second kappa shape index (κ2) is 7.61. The van der Waals surface area contributed by atoms with Crippen molar-refractivity contribution in [2.45, 2.75) is 6.54 Å². The van der Waals surface area contributed by atoms with Gasteiger partial charge in [-0.05, 0) is 18.2 Å². The van der Waals surface area contributed by atoms with Crippen molar-refractivity contribution in [2.75, 3.05) is 30.9 Å². The molecule has 0 aliphatic rings. The zero-order valence-electron chi connectivity index (χ0n) is 13.5. The van der Waals surface area contributed by atoms with E-state index < -0.39 is 0 Å². The summed E-state index contributed by atoms with van der Waals surface area (Å²) in [5.41, 5.74) is 1.87. The molecule has 6 nitrogen and oxygen atoms in total. The van der Waals surface area contributed by atoms with Crippen LogP contribution in [-0.4, -0.2) is 35.3 Å². The van der Waals surface area contributed by atoms with Crippen molar-refractivity contribution >= 4 is 22.7 Å². The Bertz CT molecular complexity index is 823. The molecule has 3 rings (SSSR count). The van der Waals surface area contributed by atoms with Crippen molar-refractivity contribution in [3.8, 4) is 5.75 Å². The summed E-state index contributed by atoms with van der Waals surface area (Å²) < 4.78 is 5.36. The number of nitrogens with zero attached hydrogens (tertiary/aromatic N) is 2. The average molecular weight is 324 g/mol. The number of anilines is 2. The van der Waals surface area contributed by atoms with Gasteiger partial charge in [-0.25, -0.2) is 4.98 Å². The van der Waals surface area contributed by atoms with Gasteiger partial charge in [-0.15, -0.1) is 0 Å². The topological polar surface area (TPSA) is 79.3 Å². The van der Waals surface area contributed by atoms with Crippen LogP contribution in [0, 0.1) is 0 Å².